The summed E-state index contributed by atoms with van der Waals surface area (Å²) in [7, 11) is 0. The van der Waals surface area contributed by atoms with E-state index in [1.807, 2.05) is 6.08 Å². The summed E-state index contributed by atoms with van der Waals surface area (Å²) in [5.41, 5.74) is 5.34. The molecular formula is C21H28O2. The minimum atomic E-state index is 0.223. The lowest BCUT2D eigenvalue weighted by Gasteiger charge is -2.51. The lowest BCUT2D eigenvalue weighted by atomic mass is 9.55. The number of allylic oxidation sites excluding steroid dienone is 4. The maximum atomic E-state index is 11.8. The lowest BCUT2D eigenvalue weighted by molar-refractivity contribution is -0.114. The van der Waals surface area contributed by atoms with Crippen molar-refractivity contribution in [3.05, 3.63) is 22.8 Å². The molecule has 5 atom stereocenters. The topological polar surface area (TPSA) is 26.3 Å². The predicted octanol–water partition coefficient (Wildman–Crippen LogP) is 4.60. The van der Waals surface area contributed by atoms with Crippen molar-refractivity contribution in [2.24, 2.45) is 23.2 Å². The Morgan fingerprint density at radius 2 is 2.13 bits per heavy atom. The van der Waals surface area contributed by atoms with Crippen molar-refractivity contribution < 1.29 is 9.53 Å². The molecule has 0 aromatic rings. The fourth-order valence-corrected chi connectivity index (χ4v) is 7.00. The second-order valence-corrected chi connectivity index (χ2v) is 8.77. The molecule has 0 amide bonds. The van der Waals surface area contributed by atoms with Crippen molar-refractivity contribution >= 4 is 5.78 Å². The third kappa shape index (κ3) is 1.71. The Balaban J connectivity index is 1.52. The molecule has 0 bridgehead atoms. The van der Waals surface area contributed by atoms with Crippen LogP contribution in [0.4, 0.5) is 0 Å². The number of ether oxygens (including phenoxy) is 1. The van der Waals surface area contributed by atoms with Crippen molar-refractivity contribution in [3.63, 3.8) is 0 Å². The number of ketones is 1. The number of carbonyl (C=O) groups is 1. The van der Waals surface area contributed by atoms with Crippen LogP contribution in [-0.2, 0) is 9.53 Å². The second kappa shape index (κ2) is 4.59. The zero-order valence-corrected chi connectivity index (χ0v) is 14.5. The SMILES string of the molecule is CCO[C@@]12C[C@@H]1C[C@H]1[C@@H]3CCC4=CC(=O)CCC4=C3CC[C@@]12C. The molecule has 3 saturated carbocycles. The highest BCUT2D eigenvalue weighted by molar-refractivity contribution is 5.93. The zero-order valence-electron chi connectivity index (χ0n) is 14.5. The highest BCUT2D eigenvalue weighted by atomic mass is 16.5. The van der Waals surface area contributed by atoms with Gasteiger partial charge in [-0.15, -0.1) is 0 Å². The minimum absolute atomic E-state index is 0.223. The number of fused-ring (bicyclic) bond motifs is 6. The van der Waals surface area contributed by atoms with Crippen LogP contribution in [0.2, 0.25) is 0 Å². The first-order valence-electron chi connectivity index (χ1n) is 9.69. The summed E-state index contributed by atoms with van der Waals surface area (Å²) in [5.74, 6) is 2.77. The molecule has 5 aliphatic carbocycles. The average Bonchev–Trinajstić information content (AvgIpc) is 3.18. The lowest BCUT2D eigenvalue weighted by Crippen LogP contribution is -2.46. The van der Waals surface area contributed by atoms with Crippen LogP contribution in [0.25, 0.3) is 0 Å². The maximum absolute atomic E-state index is 11.8. The summed E-state index contributed by atoms with van der Waals surface area (Å²) in [6.07, 6.45) is 11.4. The molecule has 3 fully saturated rings. The minimum Gasteiger partial charge on any atom is -0.374 e. The van der Waals surface area contributed by atoms with E-state index >= 15 is 0 Å². The molecule has 0 radical (unpaired) electrons. The fourth-order valence-electron chi connectivity index (χ4n) is 7.00. The molecule has 5 rings (SSSR count). The predicted molar refractivity (Wildman–Crippen MR) is 90.0 cm³/mol. The van der Waals surface area contributed by atoms with Gasteiger partial charge in [0.25, 0.3) is 0 Å². The van der Waals surface area contributed by atoms with Gasteiger partial charge in [0, 0.05) is 18.4 Å². The molecule has 0 heterocycles. The van der Waals surface area contributed by atoms with E-state index in [2.05, 4.69) is 13.8 Å². The Morgan fingerprint density at radius 1 is 1.26 bits per heavy atom. The van der Waals surface area contributed by atoms with Gasteiger partial charge in [-0.2, -0.15) is 0 Å². The molecule has 0 saturated heterocycles. The fraction of sp³-hybridized carbons (Fsp3) is 0.762. The Kier molecular flexibility index (Phi) is 2.89. The number of hydrogen-bond donors (Lipinski definition) is 0. The molecule has 0 aliphatic heterocycles. The zero-order chi connectivity index (χ0) is 15.8. The monoisotopic (exact) mass is 312 g/mol. The normalized spacial score (nSPS) is 47.5. The van der Waals surface area contributed by atoms with Crippen LogP contribution in [-0.4, -0.2) is 18.0 Å². The standard InChI is InChI=1S/C21H28O2/c1-3-23-21-12-14(21)11-19-18-6-4-13-10-15(22)5-7-16(13)17(18)8-9-20(19,21)2/h10,14,18-19H,3-9,11-12H2,1-2H3/t14-,18+,19-,20-,21-/m0/s1. The highest BCUT2D eigenvalue weighted by Crippen LogP contribution is 2.75. The van der Waals surface area contributed by atoms with Crippen LogP contribution < -0.4 is 0 Å². The average molecular weight is 312 g/mol. The van der Waals surface area contributed by atoms with Gasteiger partial charge in [0.05, 0.1) is 5.60 Å². The first-order valence-corrected chi connectivity index (χ1v) is 9.69. The van der Waals surface area contributed by atoms with Gasteiger partial charge in [-0.25, -0.2) is 0 Å². The number of rotatable bonds is 2. The molecule has 0 unspecified atom stereocenters. The van der Waals surface area contributed by atoms with Gasteiger partial charge >= 0.3 is 0 Å². The van der Waals surface area contributed by atoms with E-state index in [9.17, 15) is 4.79 Å². The van der Waals surface area contributed by atoms with E-state index in [0.29, 0.717) is 11.2 Å². The summed E-state index contributed by atoms with van der Waals surface area (Å²) < 4.78 is 6.37. The molecule has 2 nitrogen and oxygen atoms in total. The molecule has 5 aliphatic rings. The van der Waals surface area contributed by atoms with Gasteiger partial charge in [-0.3, -0.25) is 4.79 Å². The second-order valence-electron chi connectivity index (χ2n) is 8.77. The van der Waals surface area contributed by atoms with Gasteiger partial charge in [0.1, 0.15) is 0 Å². The van der Waals surface area contributed by atoms with Crippen molar-refractivity contribution in [2.45, 2.75) is 70.8 Å². The summed E-state index contributed by atoms with van der Waals surface area (Å²) in [4.78, 5) is 11.8. The van der Waals surface area contributed by atoms with Gasteiger partial charge < -0.3 is 4.74 Å². The van der Waals surface area contributed by atoms with Crippen LogP contribution in [0.5, 0.6) is 0 Å². The number of carbonyl (C=O) groups excluding carboxylic acids is 1. The van der Waals surface area contributed by atoms with Gasteiger partial charge in [0.2, 0.25) is 0 Å². The van der Waals surface area contributed by atoms with E-state index in [0.717, 1.165) is 43.6 Å². The van der Waals surface area contributed by atoms with Crippen LogP contribution in [0.15, 0.2) is 22.8 Å². The molecule has 124 valence electrons. The highest BCUT2D eigenvalue weighted by Gasteiger charge is 2.74. The summed E-state index contributed by atoms with van der Waals surface area (Å²) in [5, 5.41) is 0. The smallest absolute Gasteiger partial charge is 0.156 e. The van der Waals surface area contributed by atoms with E-state index in [4.69, 9.17) is 4.74 Å². The van der Waals surface area contributed by atoms with E-state index < -0.39 is 0 Å². The largest absolute Gasteiger partial charge is 0.374 e. The van der Waals surface area contributed by atoms with Crippen LogP contribution in [0.1, 0.15) is 65.2 Å². The third-order valence-corrected chi connectivity index (χ3v) is 8.08. The molecule has 0 spiro atoms. The number of hydrogen-bond acceptors (Lipinski definition) is 2. The van der Waals surface area contributed by atoms with Crippen molar-refractivity contribution in [2.75, 3.05) is 6.61 Å². The quantitative estimate of drug-likeness (QED) is 0.745. The van der Waals surface area contributed by atoms with E-state index in [-0.39, 0.29) is 5.60 Å². The van der Waals surface area contributed by atoms with Gasteiger partial charge in [-0.1, -0.05) is 12.5 Å². The third-order valence-electron chi connectivity index (χ3n) is 8.08. The summed E-state index contributed by atoms with van der Waals surface area (Å²) in [6, 6.07) is 0. The first-order chi connectivity index (χ1) is 11.1. The van der Waals surface area contributed by atoms with Gasteiger partial charge in [-0.05, 0) is 86.8 Å². The van der Waals surface area contributed by atoms with Crippen LogP contribution >= 0.6 is 0 Å². The summed E-state index contributed by atoms with van der Waals surface area (Å²) >= 11 is 0. The van der Waals surface area contributed by atoms with Crippen molar-refractivity contribution in [1.82, 2.24) is 0 Å². The van der Waals surface area contributed by atoms with E-state index in [1.54, 1.807) is 11.1 Å². The molecule has 23 heavy (non-hydrogen) atoms. The van der Waals surface area contributed by atoms with Crippen LogP contribution in [0, 0.1) is 23.2 Å². The van der Waals surface area contributed by atoms with Crippen molar-refractivity contribution in [3.8, 4) is 0 Å². The Hall–Kier alpha value is -0.890. The molecular weight excluding hydrogens is 284 g/mol. The van der Waals surface area contributed by atoms with E-state index in [1.165, 1.54) is 37.7 Å². The molecule has 0 N–H and O–H groups in total. The Labute approximate surface area is 139 Å². The Bertz CT molecular complexity index is 642. The molecule has 2 heteroatoms. The van der Waals surface area contributed by atoms with Gasteiger partial charge in [0.15, 0.2) is 5.78 Å². The molecule has 0 aromatic carbocycles. The Morgan fingerprint density at radius 3 is 2.96 bits per heavy atom. The summed E-state index contributed by atoms with van der Waals surface area (Å²) in [6.45, 7) is 5.57. The van der Waals surface area contributed by atoms with Crippen LogP contribution in [0.3, 0.4) is 0 Å². The maximum Gasteiger partial charge on any atom is 0.156 e. The van der Waals surface area contributed by atoms with Crippen molar-refractivity contribution in [1.29, 1.82) is 0 Å². The first kappa shape index (κ1) is 14.5. The molecule has 0 aromatic heterocycles.